The SMILES string of the molecule is C=C(N)c1ccc(CC)n1/N=C\C.CCCCC(O)CC. The quantitative estimate of drug-likeness (QED) is 0.751. The molecule has 1 aromatic rings. The molecule has 0 aromatic carbocycles. The van der Waals surface area contributed by atoms with Crippen LogP contribution in [0.3, 0.4) is 0 Å². The molecular formula is C17H31N3O. The Morgan fingerprint density at radius 3 is 2.52 bits per heavy atom. The highest BCUT2D eigenvalue weighted by atomic mass is 16.3. The summed E-state index contributed by atoms with van der Waals surface area (Å²) < 4.78 is 1.82. The van der Waals surface area contributed by atoms with Crippen LogP contribution in [0.4, 0.5) is 0 Å². The highest BCUT2D eigenvalue weighted by Crippen LogP contribution is 2.13. The van der Waals surface area contributed by atoms with E-state index in [4.69, 9.17) is 10.8 Å². The molecule has 0 aliphatic rings. The zero-order valence-electron chi connectivity index (χ0n) is 14.0. The van der Waals surface area contributed by atoms with Gasteiger partial charge in [0.15, 0.2) is 0 Å². The van der Waals surface area contributed by atoms with Gasteiger partial charge in [-0.05, 0) is 38.3 Å². The maximum atomic E-state index is 8.99. The van der Waals surface area contributed by atoms with Gasteiger partial charge in [-0.3, -0.25) is 0 Å². The van der Waals surface area contributed by atoms with Gasteiger partial charge in [-0.15, -0.1) is 0 Å². The minimum absolute atomic E-state index is 0.0463. The molecule has 0 spiro atoms. The van der Waals surface area contributed by atoms with Crippen LogP contribution in [0.25, 0.3) is 5.70 Å². The fourth-order valence-corrected chi connectivity index (χ4v) is 1.88. The average Bonchev–Trinajstić information content (AvgIpc) is 2.88. The number of unbranched alkanes of at least 4 members (excludes halogenated alkanes) is 1. The largest absolute Gasteiger partial charge is 0.397 e. The van der Waals surface area contributed by atoms with Crippen molar-refractivity contribution in [1.82, 2.24) is 4.68 Å². The summed E-state index contributed by atoms with van der Waals surface area (Å²) in [5.41, 5.74) is 8.18. The fraction of sp³-hybridized carbons (Fsp3) is 0.588. The lowest BCUT2D eigenvalue weighted by atomic mass is 10.1. The van der Waals surface area contributed by atoms with Crippen LogP contribution in [0.15, 0.2) is 23.8 Å². The van der Waals surface area contributed by atoms with Crippen molar-refractivity contribution in [2.75, 3.05) is 0 Å². The molecule has 4 heteroatoms. The van der Waals surface area contributed by atoms with Crippen molar-refractivity contribution in [2.24, 2.45) is 10.8 Å². The molecule has 4 nitrogen and oxygen atoms in total. The molecule has 1 aromatic heterocycles. The van der Waals surface area contributed by atoms with E-state index in [-0.39, 0.29) is 6.10 Å². The van der Waals surface area contributed by atoms with Crippen LogP contribution in [0, 0.1) is 0 Å². The molecule has 0 aliphatic carbocycles. The first-order valence-electron chi connectivity index (χ1n) is 7.84. The number of hydrogen-bond donors (Lipinski definition) is 2. The third-order valence-corrected chi connectivity index (χ3v) is 3.22. The van der Waals surface area contributed by atoms with Gasteiger partial charge in [-0.25, -0.2) is 4.68 Å². The highest BCUT2D eigenvalue weighted by molar-refractivity contribution is 5.60. The summed E-state index contributed by atoms with van der Waals surface area (Å²) in [7, 11) is 0. The van der Waals surface area contributed by atoms with Gasteiger partial charge < -0.3 is 10.8 Å². The molecule has 1 atom stereocenters. The van der Waals surface area contributed by atoms with E-state index in [1.165, 1.54) is 6.42 Å². The van der Waals surface area contributed by atoms with E-state index in [1.807, 2.05) is 30.7 Å². The first-order chi connectivity index (χ1) is 10.0. The van der Waals surface area contributed by atoms with E-state index in [1.54, 1.807) is 6.21 Å². The Morgan fingerprint density at radius 1 is 1.43 bits per heavy atom. The molecule has 0 saturated heterocycles. The lowest BCUT2D eigenvalue weighted by molar-refractivity contribution is 0.157. The molecule has 120 valence electrons. The standard InChI is InChI=1S/C10H15N3.C7H16O/c1-4-9-6-7-10(8(3)11)13(9)12-5-2;1-3-5-6-7(8)4-2/h5-7H,3-4,11H2,1-2H3;7-8H,3-6H2,1-2H3/b12-5-;. The van der Waals surface area contributed by atoms with E-state index in [2.05, 4.69) is 25.5 Å². The molecule has 0 aliphatic heterocycles. The molecule has 0 fully saturated rings. The molecule has 0 saturated carbocycles. The van der Waals surface area contributed by atoms with Crippen molar-refractivity contribution in [1.29, 1.82) is 0 Å². The summed E-state index contributed by atoms with van der Waals surface area (Å²) >= 11 is 0. The predicted octanol–water partition coefficient (Wildman–Crippen LogP) is 3.78. The van der Waals surface area contributed by atoms with E-state index >= 15 is 0 Å². The molecule has 0 bridgehead atoms. The molecule has 21 heavy (non-hydrogen) atoms. The van der Waals surface area contributed by atoms with E-state index < -0.39 is 0 Å². The van der Waals surface area contributed by atoms with Crippen LogP contribution < -0.4 is 5.73 Å². The van der Waals surface area contributed by atoms with E-state index in [9.17, 15) is 0 Å². The van der Waals surface area contributed by atoms with Crippen LogP contribution >= 0.6 is 0 Å². The van der Waals surface area contributed by atoms with Gasteiger partial charge >= 0.3 is 0 Å². The van der Waals surface area contributed by atoms with Crippen LogP contribution in [0.5, 0.6) is 0 Å². The minimum Gasteiger partial charge on any atom is -0.397 e. The first kappa shape index (κ1) is 19.4. The minimum atomic E-state index is -0.0463. The van der Waals surface area contributed by atoms with Gasteiger partial charge in [0.25, 0.3) is 0 Å². The number of rotatable bonds is 7. The van der Waals surface area contributed by atoms with Crippen molar-refractivity contribution in [3.63, 3.8) is 0 Å². The lowest BCUT2D eigenvalue weighted by Crippen LogP contribution is -2.03. The number of nitrogens with zero attached hydrogens (tertiary/aromatic N) is 2. The fourth-order valence-electron chi connectivity index (χ4n) is 1.88. The molecule has 1 rings (SSSR count). The van der Waals surface area contributed by atoms with Gasteiger partial charge in [0.2, 0.25) is 0 Å². The maximum absolute atomic E-state index is 8.99. The van der Waals surface area contributed by atoms with Crippen molar-refractivity contribution >= 4 is 11.9 Å². The molecule has 1 unspecified atom stereocenters. The van der Waals surface area contributed by atoms with E-state index in [0.29, 0.717) is 5.70 Å². The van der Waals surface area contributed by atoms with Crippen molar-refractivity contribution < 1.29 is 5.11 Å². The Balaban J connectivity index is 0.000000433. The lowest BCUT2D eigenvalue weighted by Gasteiger charge is -2.05. The van der Waals surface area contributed by atoms with Gasteiger partial charge in [0, 0.05) is 11.9 Å². The number of aliphatic hydroxyl groups is 1. The second-order valence-electron chi connectivity index (χ2n) is 4.98. The first-order valence-corrected chi connectivity index (χ1v) is 7.84. The van der Waals surface area contributed by atoms with E-state index in [0.717, 1.165) is 37.1 Å². The topological polar surface area (TPSA) is 63.5 Å². The van der Waals surface area contributed by atoms with Crippen molar-refractivity contribution in [2.45, 2.75) is 65.9 Å². The van der Waals surface area contributed by atoms with Crippen LogP contribution in [0.1, 0.15) is 64.8 Å². The Labute approximate surface area is 129 Å². The van der Waals surface area contributed by atoms with Crippen LogP contribution in [-0.4, -0.2) is 22.1 Å². The highest BCUT2D eigenvalue weighted by Gasteiger charge is 2.05. The van der Waals surface area contributed by atoms with Gasteiger partial charge in [-0.2, -0.15) is 5.10 Å². The number of nitrogens with two attached hydrogens (primary N) is 1. The Hall–Kier alpha value is -1.55. The Bertz CT molecular complexity index is 435. The molecule has 0 radical (unpaired) electrons. The van der Waals surface area contributed by atoms with Crippen molar-refractivity contribution in [3.05, 3.63) is 30.1 Å². The third kappa shape index (κ3) is 7.14. The second-order valence-corrected chi connectivity index (χ2v) is 4.98. The number of aliphatic hydroxyl groups excluding tert-OH is 1. The summed E-state index contributed by atoms with van der Waals surface area (Å²) in [4.78, 5) is 0. The maximum Gasteiger partial charge on any atom is 0.0872 e. The van der Waals surface area contributed by atoms with Gasteiger partial charge in [0.1, 0.15) is 0 Å². The summed E-state index contributed by atoms with van der Waals surface area (Å²) in [5.74, 6) is 0. The predicted molar refractivity (Wildman–Crippen MR) is 92.4 cm³/mol. The van der Waals surface area contributed by atoms with Crippen LogP contribution in [0.2, 0.25) is 0 Å². The number of hydrogen-bond acceptors (Lipinski definition) is 3. The number of aromatic nitrogens is 1. The van der Waals surface area contributed by atoms with Crippen molar-refractivity contribution in [3.8, 4) is 0 Å². The second kappa shape index (κ2) is 11.1. The smallest absolute Gasteiger partial charge is 0.0872 e. The molecule has 1 heterocycles. The third-order valence-electron chi connectivity index (χ3n) is 3.22. The zero-order valence-corrected chi connectivity index (χ0v) is 14.0. The van der Waals surface area contributed by atoms with Gasteiger partial charge in [-0.1, -0.05) is 40.2 Å². The monoisotopic (exact) mass is 293 g/mol. The summed E-state index contributed by atoms with van der Waals surface area (Å²) in [6, 6.07) is 3.95. The molecular weight excluding hydrogens is 262 g/mol. The molecule has 0 amide bonds. The van der Waals surface area contributed by atoms with Crippen LogP contribution in [-0.2, 0) is 6.42 Å². The molecule has 3 N–H and O–H groups in total. The number of aryl methyl sites for hydroxylation is 1. The Kier molecular flexibility index (Phi) is 10.3. The summed E-state index contributed by atoms with van der Waals surface area (Å²) in [6.45, 7) is 11.8. The van der Waals surface area contributed by atoms with Gasteiger partial charge in [0.05, 0.1) is 17.5 Å². The summed E-state index contributed by atoms with van der Waals surface area (Å²) in [5, 5.41) is 13.2. The zero-order chi connectivity index (χ0) is 16.3. The Morgan fingerprint density at radius 2 is 2.10 bits per heavy atom. The summed E-state index contributed by atoms with van der Waals surface area (Å²) in [6.07, 6.45) is 6.87. The normalized spacial score (nSPS) is 12.0. The average molecular weight is 293 g/mol.